The summed E-state index contributed by atoms with van der Waals surface area (Å²) in [5.74, 6) is -0.947. The summed E-state index contributed by atoms with van der Waals surface area (Å²) in [4.78, 5) is 0. The van der Waals surface area contributed by atoms with Gasteiger partial charge in [0.15, 0.2) is 0 Å². The smallest absolute Gasteiger partial charge is 0.269 e. The number of hydrogen-bond acceptors (Lipinski definition) is 3. The summed E-state index contributed by atoms with van der Waals surface area (Å²) in [5.41, 5.74) is 0.904. The van der Waals surface area contributed by atoms with E-state index in [2.05, 4.69) is 0 Å². The van der Waals surface area contributed by atoms with Crippen molar-refractivity contribution in [2.75, 3.05) is 6.61 Å². The van der Waals surface area contributed by atoms with E-state index in [9.17, 15) is 12.8 Å². The molecule has 0 bridgehead atoms. The highest BCUT2D eigenvalue weighted by Gasteiger charge is 2.22. The number of ether oxygens (including phenoxy) is 1. The van der Waals surface area contributed by atoms with Gasteiger partial charge in [0.1, 0.15) is 11.6 Å². The number of benzene rings is 1. The Labute approximate surface area is 99.2 Å². The molecule has 1 aliphatic rings. The van der Waals surface area contributed by atoms with Crippen LogP contribution in [0.5, 0.6) is 0 Å². The Kier molecular flexibility index (Phi) is 3.46. The van der Waals surface area contributed by atoms with E-state index in [1.165, 1.54) is 18.2 Å². The van der Waals surface area contributed by atoms with Gasteiger partial charge in [-0.3, -0.25) is 4.55 Å². The number of halogens is 1. The van der Waals surface area contributed by atoms with Crippen LogP contribution in [0.1, 0.15) is 30.1 Å². The lowest BCUT2D eigenvalue weighted by Gasteiger charge is -2.14. The Bertz CT molecular complexity index is 506. The van der Waals surface area contributed by atoms with E-state index in [1.807, 2.05) is 0 Å². The summed E-state index contributed by atoms with van der Waals surface area (Å²) in [6.07, 6.45) is 1.33. The molecule has 1 unspecified atom stereocenters. The molecule has 0 aromatic heterocycles. The first-order valence-corrected chi connectivity index (χ1v) is 6.92. The minimum atomic E-state index is -4.12. The van der Waals surface area contributed by atoms with E-state index in [4.69, 9.17) is 9.29 Å². The van der Waals surface area contributed by atoms with E-state index < -0.39 is 21.7 Å². The van der Waals surface area contributed by atoms with Crippen LogP contribution in [0.15, 0.2) is 18.2 Å². The van der Waals surface area contributed by atoms with Gasteiger partial charge in [0.2, 0.25) is 0 Å². The fourth-order valence-electron chi connectivity index (χ4n) is 2.02. The van der Waals surface area contributed by atoms with Gasteiger partial charge in [-0.2, -0.15) is 8.42 Å². The summed E-state index contributed by atoms with van der Waals surface area (Å²) in [6.45, 7) is 0.590. The predicted molar refractivity (Wildman–Crippen MR) is 59.6 cm³/mol. The van der Waals surface area contributed by atoms with Crippen LogP contribution in [0.25, 0.3) is 0 Å². The Balaban J connectivity index is 2.36. The minimum Gasteiger partial charge on any atom is -0.374 e. The molecule has 1 aromatic carbocycles. The first-order chi connectivity index (χ1) is 7.96. The number of hydrogen-bond donors (Lipinski definition) is 1. The van der Waals surface area contributed by atoms with E-state index in [0.717, 1.165) is 12.8 Å². The van der Waals surface area contributed by atoms with Crippen LogP contribution in [-0.2, 0) is 20.6 Å². The van der Waals surface area contributed by atoms with Crippen LogP contribution >= 0.6 is 0 Å². The monoisotopic (exact) mass is 260 g/mol. The van der Waals surface area contributed by atoms with Crippen LogP contribution in [0, 0.1) is 5.82 Å². The van der Waals surface area contributed by atoms with Crippen molar-refractivity contribution in [1.29, 1.82) is 0 Å². The number of rotatable bonds is 3. The molecular weight excluding hydrogens is 247 g/mol. The normalized spacial score (nSPS) is 20.7. The van der Waals surface area contributed by atoms with Crippen molar-refractivity contribution in [3.63, 3.8) is 0 Å². The first kappa shape index (κ1) is 12.5. The Morgan fingerprint density at radius 3 is 2.82 bits per heavy atom. The second-order valence-corrected chi connectivity index (χ2v) is 5.52. The van der Waals surface area contributed by atoms with Crippen molar-refractivity contribution < 1.29 is 22.1 Å². The fourth-order valence-corrected chi connectivity index (χ4v) is 2.67. The molecule has 94 valence electrons. The quantitative estimate of drug-likeness (QED) is 0.845. The predicted octanol–water partition coefficient (Wildman–Crippen LogP) is 2.07. The van der Waals surface area contributed by atoms with Crippen molar-refractivity contribution >= 4 is 10.1 Å². The highest BCUT2D eigenvalue weighted by atomic mass is 32.2. The molecule has 6 heteroatoms. The second-order valence-electron chi connectivity index (χ2n) is 4.07. The maximum absolute atomic E-state index is 13.2. The van der Waals surface area contributed by atoms with E-state index in [-0.39, 0.29) is 6.10 Å². The molecule has 1 aromatic rings. The molecule has 0 radical (unpaired) electrons. The Hall–Kier alpha value is -0.980. The molecule has 1 fully saturated rings. The van der Waals surface area contributed by atoms with Crippen molar-refractivity contribution in [1.82, 2.24) is 0 Å². The summed E-state index contributed by atoms with van der Waals surface area (Å²) >= 11 is 0. The highest BCUT2D eigenvalue weighted by Crippen LogP contribution is 2.32. The molecule has 1 N–H and O–H groups in total. The zero-order chi connectivity index (χ0) is 12.5. The second kappa shape index (κ2) is 4.72. The highest BCUT2D eigenvalue weighted by molar-refractivity contribution is 7.85. The topological polar surface area (TPSA) is 63.6 Å². The van der Waals surface area contributed by atoms with Gasteiger partial charge in [0, 0.05) is 6.61 Å². The van der Waals surface area contributed by atoms with Gasteiger partial charge in [-0.1, -0.05) is 6.07 Å². The SMILES string of the molecule is O=S(=O)(O)Cc1ccc(F)cc1C1CCCO1. The molecule has 4 nitrogen and oxygen atoms in total. The zero-order valence-corrected chi connectivity index (χ0v) is 9.91. The molecule has 1 heterocycles. The van der Waals surface area contributed by atoms with Crippen molar-refractivity contribution in [3.8, 4) is 0 Å². The average Bonchev–Trinajstić information content (AvgIpc) is 2.71. The average molecular weight is 260 g/mol. The van der Waals surface area contributed by atoms with Gasteiger partial charge in [0.25, 0.3) is 10.1 Å². The summed E-state index contributed by atoms with van der Waals surface area (Å²) in [6, 6.07) is 3.83. The molecule has 0 spiro atoms. The Morgan fingerprint density at radius 1 is 1.47 bits per heavy atom. The van der Waals surface area contributed by atoms with E-state index in [1.54, 1.807) is 0 Å². The zero-order valence-electron chi connectivity index (χ0n) is 9.10. The van der Waals surface area contributed by atoms with Crippen molar-refractivity contribution in [3.05, 3.63) is 35.1 Å². The van der Waals surface area contributed by atoms with Gasteiger partial charge >= 0.3 is 0 Å². The molecule has 1 aliphatic heterocycles. The van der Waals surface area contributed by atoms with Crippen molar-refractivity contribution in [2.45, 2.75) is 24.7 Å². The van der Waals surface area contributed by atoms with Crippen LogP contribution < -0.4 is 0 Å². The van der Waals surface area contributed by atoms with E-state index in [0.29, 0.717) is 17.7 Å². The fraction of sp³-hybridized carbons (Fsp3) is 0.455. The molecule has 0 saturated carbocycles. The van der Waals surface area contributed by atoms with Crippen LogP contribution in [-0.4, -0.2) is 19.6 Å². The van der Waals surface area contributed by atoms with Crippen molar-refractivity contribution in [2.24, 2.45) is 0 Å². The first-order valence-electron chi connectivity index (χ1n) is 5.31. The molecule has 1 saturated heterocycles. The van der Waals surface area contributed by atoms with Gasteiger partial charge < -0.3 is 4.74 Å². The van der Waals surface area contributed by atoms with Gasteiger partial charge in [-0.05, 0) is 36.1 Å². The maximum atomic E-state index is 13.2. The molecular formula is C11H13FO4S. The molecule has 0 amide bonds. The summed E-state index contributed by atoms with van der Waals surface area (Å²) < 4.78 is 49.2. The Morgan fingerprint density at radius 2 is 2.24 bits per heavy atom. The molecule has 2 rings (SSSR count). The van der Waals surface area contributed by atoms with Gasteiger partial charge in [-0.25, -0.2) is 4.39 Å². The third-order valence-corrected chi connectivity index (χ3v) is 3.40. The third kappa shape index (κ3) is 3.24. The van der Waals surface area contributed by atoms with Crippen LogP contribution in [0.2, 0.25) is 0 Å². The molecule has 0 aliphatic carbocycles. The van der Waals surface area contributed by atoms with Gasteiger partial charge in [-0.15, -0.1) is 0 Å². The maximum Gasteiger partial charge on any atom is 0.269 e. The standard InChI is InChI=1S/C11H13FO4S/c12-9-4-3-8(7-17(13,14)15)10(6-9)11-2-1-5-16-11/h3-4,6,11H,1-2,5,7H2,(H,13,14,15). The largest absolute Gasteiger partial charge is 0.374 e. The lowest BCUT2D eigenvalue weighted by atomic mass is 10.0. The van der Waals surface area contributed by atoms with E-state index >= 15 is 0 Å². The lowest BCUT2D eigenvalue weighted by molar-refractivity contribution is 0.111. The van der Waals surface area contributed by atoms with Crippen LogP contribution in [0.4, 0.5) is 4.39 Å². The van der Waals surface area contributed by atoms with Crippen LogP contribution in [0.3, 0.4) is 0 Å². The summed E-state index contributed by atoms with van der Waals surface area (Å²) in [7, 11) is -4.12. The summed E-state index contributed by atoms with van der Waals surface area (Å²) in [5, 5.41) is 0. The third-order valence-electron chi connectivity index (χ3n) is 2.72. The van der Waals surface area contributed by atoms with Gasteiger partial charge in [0.05, 0.1) is 6.10 Å². The minimum absolute atomic E-state index is 0.276. The lowest BCUT2D eigenvalue weighted by Crippen LogP contribution is -2.08. The molecule has 1 atom stereocenters. The molecule has 17 heavy (non-hydrogen) atoms.